The molecule has 4 nitrogen and oxygen atoms in total. The molecule has 1 saturated carbocycles. The van der Waals surface area contributed by atoms with Crippen molar-refractivity contribution in [2.75, 3.05) is 0 Å². The lowest BCUT2D eigenvalue weighted by Gasteiger charge is -2.27. The molecule has 94 valence electrons. The minimum Gasteiger partial charge on any atom is -0.266 e. The molecule has 2 amide bonds. The number of hydrogen-bond acceptors (Lipinski definition) is 3. The van der Waals surface area contributed by atoms with Gasteiger partial charge >= 0.3 is 0 Å². The molecule has 18 heavy (non-hydrogen) atoms. The van der Waals surface area contributed by atoms with Gasteiger partial charge in [-0.05, 0) is 31.9 Å². The van der Waals surface area contributed by atoms with E-state index in [1.165, 1.54) is 0 Å². The molecule has 0 radical (unpaired) electrons. The van der Waals surface area contributed by atoms with Gasteiger partial charge < -0.3 is 0 Å². The predicted octanol–water partition coefficient (Wildman–Crippen LogP) is 2.55. The summed E-state index contributed by atoms with van der Waals surface area (Å²) in [5.41, 5.74) is 0.487. The Morgan fingerprint density at radius 3 is 2.06 bits per heavy atom. The van der Waals surface area contributed by atoms with E-state index in [4.69, 9.17) is 4.84 Å². The molecular formula is C14H15NO3. The average molecular weight is 245 g/mol. The van der Waals surface area contributed by atoms with Gasteiger partial charge in [0.25, 0.3) is 11.8 Å². The summed E-state index contributed by atoms with van der Waals surface area (Å²) >= 11 is 0. The van der Waals surface area contributed by atoms with Crippen LogP contribution < -0.4 is 0 Å². The van der Waals surface area contributed by atoms with Gasteiger partial charge in [0.2, 0.25) is 0 Å². The van der Waals surface area contributed by atoms with Crippen molar-refractivity contribution in [3.63, 3.8) is 0 Å². The van der Waals surface area contributed by atoms with Crippen molar-refractivity contribution in [3.05, 3.63) is 35.4 Å². The Bertz CT molecular complexity index is 483. The van der Waals surface area contributed by atoms with Crippen molar-refractivity contribution >= 4 is 11.8 Å². The number of carbonyl (C=O) groups is 2. The Labute approximate surface area is 105 Å². The van der Waals surface area contributed by atoms with E-state index in [1.54, 1.807) is 24.3 Å². The van der Waals surface area contributed by atoms with Crippen LogP contribution in [0, 0.1) is 0 Å². The smallest absolute Gasteiger partial charge is 0.266 e. The Balaban J connectivity index is 1.88. The number of amides is 2. The molecule has 1 heterocycles. The summed E-state index contributed by atoms with van der Waals surface area (Å²) in [6, 6.07) is 6.83. The Morgan fingerprint density at radius 2 is 1.56 bits per heavy atom. The lowest BCUT2D eigenvalue weighted by Crippen LogP contribution is -2.39. The second-order valence-electron chi connectivity index (χ2n) is 5.20. The molecule has 0 saturated heterocycles. The van der Waals surface area contributed by atoms with Crippen LogP contribution in [0.1, 0.15) is 53.3 Å². The largest absolute Gasteiger partial charge is 0.285 e. The van der Waals surface area contributed by atoms with Crippen molar-refractivity contribution in [1.29, 1.82) is 0 Å². The van der Waals surface area contributed by atoms with Gasteiger partial charge in [0.1, 0.15) is 0 Å². The molecule has 1 aromatic carbocycles. The molecule has 0 unspecified atom stereocenters. The van der Waals surface area contributed by atoms with Gasteiger partial charge in [0, 0.05) is 0 Å². The highest BCUT2D eigenvalue weighted by Crippen LogP contribution is 2.35. The first-order valence-corrected chi connectivity index (χ1v) is 6.28. The van der Waals surface area contributed by atoms with Crippen LogP contribution in [-0.2, 0) is 4.84 Å². The van der Waals surface area contributed by atoms with Crippen LogP contribution >= 0.6 is 0 Å². The van der Waals surface area contributed by atoms with E-state index in [0.29, 0.717) is 11.1 Å². The normalized spacial score (nSPS) is 21.5. The third-order valence-corrected chi connectivity index (χ3v) is 3.73. The van der Waals surface area contributed by atoms with Gasteiger partial charge in [-0.25, -0.2) is 0 Å². The number of fused-ring (bicyclic) bond motifs is 1. The van der Waals surface area contributed by atoms with Crippen LogP contribution in [0.2, 0.25) is 0 Å². The number of rotatable bonds is 2. The number of hydrogen-bond donors (Lipinski definition) is 0. The molecule has 0 N–H and O–H groups in total. The highest BCUT2D eigenvalue weighted by Gasteiger charge is 2.42. The monoisotopic (exact) mass is 245 g/mol. The lowest BCUT2D eigenvalue weighted by molar-refractivity contribution is -0.177. The van der Waals surface area contributed by atoms with Gasteiger partial charge in [-0.1, -0.05) is 25.0 Å². The van der Waals surface area contributed by atoms with E-state index >= 15 is 0 Å². The fourth-order valence-corrected chi connectivity index (χ4v) is 2.68. The van der Waals surface area contributed by atoms with Crippen molar-refractivity contribution in [2.24, 2.45) is 0 Å². The van der Waals surface area contributed by atoms with Gasteiger partial charge in [-0.15, -0.1) is 5.06 Å². The first-order valence-electron chi connectivity index (χ1n) is 6.28. The van der Waals surface area contributed by atoms with Gasteiger partial charge in [-0.3, -0.25) is 14.4 Å². The third kappa shape index (κ3) is 1.64. The van der Waals surface area contributed by atoms with Crippen LogP contribution in [0.4, 0.5) is 0 Å². The molecule has 0 bridgehead atoms. The Hall–Kier alpha value is -1.68. The predicted molar refractivity (Wildman–Crippen MR) is 64.9 cm³/mol. The van der Waals surface area contributed by atoms with Crippen LogP contribution in [-0.4, -0.2) is 22.5 Å². The fraction of sp³-hybridized carbons (Fsp3) is 0.429. The van der Waals surface area contributed by atoms with Crippen molar-refractivity contribution in [2.45, 2.75) is 38.2 Å². The molecule has 0 aromatic heterocycles. The number of carbonyl (C=O) groups excluding carboxylic acids is 2. The molecule has 2 aliphatic rings. The third-order valence-electron chi connectivity index (χ3n) is 3.73. The number of hydroxylamine groups is 2. The maximum Gasteiger partial charge on any atom is 0.285 e. The summed E-state index contributed by atoms with van der Waals surface area (Å²) in [6.45, 7) is 1.96. The van der Waals surface area contributed by atoms with Crippen LogP contribution in [0.3, 0.4) is 0 Å². The van der Waals surface area contributed by atoms with Gasteiger partial charge in [0.05, 0.1) is 16.7 Å². The van der Waals surface area contributed by atoms with Crippen LogP contribution in [0.5, 0.6) is 0 Å². The zero-order valence-electron chi connectivity index (χ0n) is 10.3. The molecular weight excluding hydrogens is 230 g/mol. The maximum atomic E-state index is 12.1. The Morgan fingerprint density at radius 1 is 1.06 bits per heavy atom. The SMILES string of the molecule is CC1(ON2C(=O)c3ccccc3C2=O)CCCC1. The van der Waals surface area contributed by atoms with E-state index in [2.05, 4.69) is 0 Å². The zero-order valence-corrected chi connectivity index (χ0v) is 10.3. The quantitative estimate of drug-likeness (QED) is 0.752. The topological polar surface area (TPSA) is 46.6 Å². The first-order chi connectivity index (χ1) is 8.61. The summed E-state index contributed by atoms with van der Waals surface area (Å²) in [5.74, 6) is -0.688. The van der Waals surface area contributed by atoms with Crippen molar-refractivity contribution < 1.29 is 14.4 Å². The van der Waals surface area contributed by atoms with Gasteiger partial charge in [0.15, 0.2) is 0 Å². The summed E-state index contributed by atoms with van der Waals surface area (Å²) in [5, 5.41) is 0.940. The standard InChI is InChI=1S/C14H15NO3/c1-14(8-4-5-9-14)18-15-12(16)10-6-2-3-7-11(10)13(15)17/h2-3,6-7H,4-5,8-9H2,1H3. The second kappa shape index (κ2) is 3.92. The van der Waals surface area contributed by atoms with Crippen LogP contribution in [0.25, 0.3) is 0 Å². The molecule has 0 atom stereocenters. The second-order valence-corrected chi connectivity index (χ2v) is 5.20. The van der Waals surface area contributed by atoms with E-state index < -0.39 is 0 Å². The summed E-state index contributed by atoms with van der Waals surface area (Å²) in [4.78, 5) is 29.9. The molecule has 1 aliphatic carbocycles. The minimum atomic E-state index is -0.382. The zero-order chi connectivity index (χ0) is 12.8. The molecule has 3 rings (SSSR count). The molecule has 1 fully saturated rings. The number of imide groups is 1. The fourth-order valence-electron chi connectivity index (χ4n) is 2.68. The summed E-state index contributed by atoms with van der Waals surface area (Å²) < 4.78 is 0. The molecule has 0 spiro atoms. The van der Waals surface area contributed by atoms with E-state index in [1.807, 2.05) is 6.92 Å². The molecule has 4 heteroatoms. The number of nitrogens with zero attached hydrogens (tertiary/aromatic N) is 1. The lowest BCUT2D eigenvalue weighted by atomic mass is 10.1. The molecule has 1 aliphatic heterocycles. The first kappa shape index (κ1) is 11.4. The van der Waals surface area contributed by atoms with Crippen LogP contribution in [0.15, 0.2) is 24.3 Å². The highest BCUT2D eigenvalue weighted by atomic mass is 16.7. The van der Waals surface area contributed by atoms with E-state index in [0.717, 1.165) is 30.7 Å². The Kier molecular flexibility index (Phi) is 2.48. The summed E-state index contributed by atoms with van der Waals surface area (Å²) in [6.07, 6.45) is 3.94. The van der Waals surface area contributed by atoms with Crippen molar-refractivity contribution in [1.82, 2.24) is 5.06 Å². The van der Waals surface area contributed by atoms with E-state index in [-0.39, 0.29) is 17.4 Å². The average Bonchev–Trinajstić information content (AvgIpc) is 2.89. The minimum absolute atomic E-state index is 0.344. The maximum absolute atomic E-state index is 12.1. The van der Waals surface area contributed by atoms with Crippen molar-refractivity contribution in [3.8, 4) is 0 Å². The molecule has 1 aromatic rings. The summed E-state index contributed by atoms with van der Waals surface area (Å²) in [7, 11) is 0. The van der Waals surface area contributed by atoms with E-state index in [9.17, 15) is 9.59 Å². The number of benzene rings is 1. The van der Waals surface area contributed by atoms with Gasteiger partial charge in [-0.2, -0.15) is 0 Å². The highest BCUT2D eigenvalue weighted by molar-refractivity contribution is 6.20.